The molecule has 1 aromatic carbocycles. The predicted octanol–water partition coefficient (Wildman–Crippen LogP) is 3.57. The van der Waals surface area contributed by atoms with E-state index in [1.165, 1.54) is 11.8 Å². The Bertz CT molecular complexity index is 1070. The number of benzene rings is 1. The van der Waals surface area contributed by atoms with E-state index in [1.807, 2.05) is 38.3 Å². The molecule has 2 aromatic rings. The van der Waals surface area contributed by atoms with Crippen LogP contribution in [0.2, 0.25) is 0 Å². The molecule has 0 bridgehead atoms. The predicted molar refractivity (Wildman–Crippen MR) is 127 cm³/mol. The molecule has 0 unspecified atom stereocenters. The molecule has 0 saturated carbocycles. The number of esters is 1. The van der Waals surface area contributed by atoms with E-state index < -0.39 is 22.4 Å². The minimum atomic E-state index is -3.13. The molecule has 174 valence electrons. The van der Waals surface area contributed by atoms with Crippen LogP contribution in [0.1, 0.15) is 41.3 Å². The molecule has 1 atom stereocenters. The molecule has 1 saturated heterocycles. The second-order valence-corrected chi connectivity index (χ2v) is 12.5. The average Bonchev–Trinajstić information content (AvgIpc) is 3.32. The Morgan fingerprint density at radius 1 is 1.31 bits per heavy atom. The van der Waals surface area contributed by atoms with Gasteiger partial charge in [0, 0.05) is 28.6 Å². The Hall–Kier alpha value is -1.91. The van der Waals surface area contributed by atoms with Gasteiger partial charge in [0.1, 0.15) is 0 Å². The first-order valence-corrected chi connectivity index (χ1v) is 14.1. The van der Waals surface area contributed by atoms with E-state index in [4.69, 9.17) is 4.74 Å². The fraction of sp³-hybridized carbons (Fsp3) is 0.500. The molecule has 0 radical (unpaired) electrons. The van der Waals surface area contributed by atoms with E-state index >= 15 is 0 Å². The number of hydrogen-bond acceptors (Lipinski definition) is 8. The van der Waals surface area contributed by atoms with Crippen LogP contribution in [0.4, 0.5) is 0 Å². The van der Waals surface area contributed by atoms with Crippen molar-refractivity contribution in [3.63, 3.8) is 0 Å². The van der Waals surface area contributed by atoms with Crippen LogP contribution in [0.25, 0.3) is 0 Å². The van der Waals surface area contributed by atoms with Crippen molar-refractivity contribution in [1.29, 1.82) is 0 Å². The first kappa shape index (κ1) is 24.7. The molecule has 7 nitrogen and oxygen atoms in total. The van der Waals surface area contributed by atoms with Crippen LogP contribution in [-0.4, -0.2) is 60.9 Å². The van der Waals surface area contributed by atoms with Crippen molar-refractivity contribution < 1.29 is 22.7 Å². The normalized spacial score (nSPS) is 17.4. The molecule has 1 aromatic heterocycles. The van der Waals surface area contributed by atoms with Crippen LogP contribution in [0.5, 0.6) is 0 Å². The summed E-state index contributed by atoms with van der Waals surface area (Å²) >= 11 is 3.07. The van der Waals surface area contributed by atoms with Crippen LogP contribution in [-0.2, 0) is 25.1 Å². The van der Waals surface area contributed by atoms with Crippen LogP contribution >= 0.6 is 23.1 Å². The number of thiazole rings is 1. The Morgan fingerprint density at radius 2 is 2.06 bits per heavy atom. The first-order valence-electron chi connectivity index (χ1n) is 10.4. The summed E-state index contributed by atoms with van der Waals surface area (Å²) < 4.78 is 29.1. The zero-order chi connectivity index (χ0) is 23.3. The van der Waals surface area contributed by atoms with Gasteiger partial charge in [0.2, 0.25) is 0 Å². The highest BCUT2D eigenvalue weighted by atomic mass is 32.2. The molecular formula is C22H28N2O5S3. The summed E-state index contributed by atoms with van der Waals surface area (Å²) in [6, 6.07) is 6.76. The second kappa shape index (κ2) is 10.8. The second-order valence-electron chi connectivity index (χ2n) is 8.22. The maximum absolute atomic E-state index is 12.9. The Kier molecular flexibility index (Phi) is 8.35. The van der Waals surface area contributed by atoms with Gasteiger partial charge in [0.25, 0.3) is 5.91 Å². The van der Waals surface area contributed by atoms with Gasteiger partial charge < -0.3 is 9.64 Å². The van der Waals surface area contributed by atoms with Crippen molar-refractivity contribution in [3.8, 4) is 0 Å². The Labute approximate surface area is 197 Å². The number of sulfone groups is 1. The molecule has 10 heteroatoms. The van der Waals surface area contributed by atoms with E-state index in [1.54, 1.807) is 28.4 Å². The number of rotatable bonds is 9. The summed E-state index contributed by atoms with van der Waals surface area (Å²) in [6.07, 6.45) is 0.421. The number of ether oxygens (including phenoxy) is 1. The Morgan fingerprint density at radius 3 is 2.69 bits per heavy atom. The van der Waals surface area contributed by atoms with Crippen molar-refractivity contribution in [2.45, 2.75) is 43.9 Å². The number of carbonyl (C=O) groups excluding carboxylic acids is 2. The van der Waals surface area contributed by atoms with Crippen molar-refractivity contribution >= 4 is 44.8 Å². The van der Waals surface area contributed by atoms with E-state index in [2.05, 4.69) is 4.98 Å². The van der Waals surface area contributed by atoms with Crippen LogP contribution < -0.4 is 0 Å². The number of hydrogen-bond donors (Lipinski definition) is 0. The lowest BCUT2D eigenvalue weighted by Gasteiger charge is -2.29. The molecule has 1 fully saturated rings. The summed E-state index contributed by atoms with van der Waals surface area (Å²) in [5.41, 5.74) is 1.35. The van der Waals surface area contributed by atoms with Crippen LogP contribution in [0.15, 0.2) is 34.5 Å². The number of aryl methyl sites for hydroxylation is 1. The van der Waals surface area contributed by atoms with Crippen LogP contribution in [0, 0.1) is 12.8 Å². The van der Waals surface area contributed by atoms with E-state index in [0.29, 0.717) is 24.3 Å². The molecule has 1 aliphatic rings. The smallest absolute Gasteiger partial charge is 0.339 e. The third-order valence-corrected chi connectivity index (χ3v) is 8.69. The summed E-state index contributed by atoms with van der Waals surface area (Å²) in [6.45, 7) is 5.90. The topological polar surface area (TPSA) is 93.6 Å². The van der Waals surface area contributed by atoms with Gasteiger partial charge in [0.15, 0.2) is 16.4 Å². The molecule has 1 aliphatic heterocycles. The highest BCUT2D eigenvalue weighted by Crippen LogP contribution is 2.27. The summed E-state index contributed by atoms with van der Waals surface area (Å²) in [5.74, 6) is -0.0790. The molecular weight excluding hydrogens is 468 g/mol. The number of aromatic nitrogens is 1. The number of thioether (sulfide) groups is 1. The SMILES string of the molecule is Cc1nc(CSc2ccccc2C(=O)OCC(=O)N(CC(C)C)[C@H]2CCS(=O)(=O)C2)cs1. The molecule has 32 heavy (non-hydrogen) atoms. The monoisotopic (exact) mass is 496 g/mol. The lowest BCUT2D eigenvalue weighted by Crippen LogP contribution is -2.45. The third kappa shape index (κ3) is 6.79. The largest absolute Gasteiger partial charge is 0.452 e. The van der Waals surface area contributed by atoms with Gasteiger partial charge in [-0.1, -0.05) is 26.0 Å². The molecule has 3 rings (SSSR count). The fourth-order valence-corrected chi connectivity index (χ4v) is 6.93. The standard InChI is InChI=1S/C22H28N2O5S3/c1-15(2)10-24(18-8-9-32(27,28)14-18)21(25)11-29-22(26)19-6-4-5-7-20(19)31-13-17-12-30-16(3)23-17/h4-7,12,15,18H,8-11,13-14H2,1-3H3/t18-/m0/s1. The zero-order valence-corrected chi connectivity index (χ0v) is 20.9. The minimum Gasteiger partial charge on any atom is -0.452 e. The van der Waals surface area contributed by atoms with Gasteiger partial charge in [-0.2, -0.15) is 0 Å². The van der Waals surface area contributed by atoms with Gasteiger partial charge in [-0.15, -0.1) is 23.1 Å². The average molecular weight is 497 g/mol. The highest BCUT2D eigenvalue weighted by molar-refractivity contribution is 7.98. The minimum absolute atomic E-state index is 0.0328. The number of carbonyl (C=O) groups is 2. The fourth-order valence-electron chi connectivity index (χ4n) is 3.54. The number of nitrogens with zero attached hydrogens (tertiary/aromatic N) is 2. The summed E-state index contributed by atoms with van der Waals surface area (Å²) in [5, 5.41) is 2.99. The summed E-state index contributed by atoms with van der Waals surface area (Å²) in [7, 11) is -3.13. The van der Waals surface area contributed by atoms with Gasteiger partial charge in [-0.05, 0) is 31.4 Å². The van der Waals surface area contributed by atoms with Gasteiger partial charge >= 0.3 is 5.97 Å². The van der Waals surface area contributed by atoms with E-state index in [0.717, 1.165) is 15.6 Å². The maximum atomic E-state index is 12.9. The first-order chi connectivity index (χ1) is 15.1. The molecule has 2 heterocycles. The molecule has 0 spiro atoms. The van der Waals surface area contributed by atoms with Crippen molar-refractivity contribution in [2.24, 2.45) is 5.92 Å². The van der Waals surface area contributed by atoms with E-state index in [9.17, 15) is 18.0 Å². The summed E-state index contributed by atoms with van der Waals surface area (Å²) in [4.78, 5) is 32.4. The maximum Gasteiger partial charge on any atom is 0.339 e. The number of amides is 1. The molecule has 0 aliphatic carbocycles. The van der Waals surface area contributed by atoms with Gasteiger partial charge in [-0.25, -0.2) is 18.2 Å². The van der Waals surface area contributed by atoms with Gasteiger partial charge in [0.05, 0.1) is 27.8 Å². The van der Waals surface area contributed by atoms with E-state index in [-0.39, 0.29) is 29.4 Å². The van der Waals surface area contributed by atoms with Crippen molar-refractivity contribution in [2.75, 3.05) is 24.7 Å². The Balaban J connectivity index is 1.63. The highest BCUT2D eigenvalue weighted by Gasteiger charge is 2.35. The molecule has 0 N–H and O–H groups in total. The third-order valence-electron chi connectivity index (χ3n) is 5.01. The van der Waals surface area contributed by atoms with Crippen LogP contribution in [0.3, 0.4) is 0 Å². The molecule has 1 amide bonds. The quantitative estimate of drug-likeness (QED) is 0.387. The zero-order valence-electron chi connectivity index (χ0n) is 18.4. The lowest BCUT2D eigenvalue weighted by molar-refractivity contribution is -0.137. The van der Waals surface area contributed by atoms with Gasteiger partial charge in [-0.3, -0.25) is 4.79 Å². The van der Waals surface area contributed by atoms with Crippen molar-refractivity contribution in [1.82, 2.24) is 9.88 Å². The lowest BCUT2D eigenvalue weighted by atomic mass is 10.1. The van der Waals surface area contributed by atoms with Crippen molar-refractivity contribution in [3.05, 3.63) is 45.9 Å².